The summed E-state index contributed by atoms with van der Waals surface area (Å²) in [7, 11) is -0.840. The summed E-state index contributed by atoms with van der Waals surface area (Å²) in [5.74, 6) is -1.70. The predicted molar refractivity (Wildman–Crippen MR) is 82.5 cm³/mol. The van der Waals surface area contributed by atoms with Crippen molar-refractivity contribution in [2.45, 2.75) is 39.5 Å². The lowest BCUT2D eigenvalue weighted by Crippen LogP contribution is -2.46. The van der Waals surface area contributed by atoms with Crippen molar-refractivity contribution in [1.82, 2.24) is 0 Å². The van der Waals surface area contributed by atoms with Crippen LogP contribution in [-0.2, 0) is 9.31 Å². The summed E-state index contributed by atoms with van der Waals surface area (Å²) in [5, 5.41) is 0. The standard InChI is InChI=1S/C16H23BF2O3/c1-3-5-6-7-12-10-21-17(22-11-12)13-8-9-14(20-4-2)16(19)15(13)18/h8-9,12H,3-7,10-11H2,1-2H3. The molecule has 0 aromatic heterocycles. The SMILES string of the molecule is CCCCCC1COB(c2ccc(OCC)c(F)c2F)OC1. The minimum absolute atomic E-state index is 0.0861. The van der Waals surface area contributed by atoms with Crippen LogP contribution in [0.5, 0.6) is 5.75 Å². The maximum Gasteiger partial charge on any atom is 0.497 e. The van der Waals surface area contributed by atoms with E-state index in [-0.39, 0.29) is 17.8 Å². The van der Waals surface area contributed by atoms with E-state index in [2.05, 4.69) is 6.92 Å². The molecule has 1 heterocycles. The van der Waals surface area contributed by atoms with Crippen molar-refractivity contribution in [1.29, 1.82) is 0 Å². The van der Waals surface area contributed by atoms with Crippen molar-refractivity contribution in [3.8, 4) is 5.75 Å². The number of unbranched alkanes of at least 4 members (excludes halogenated alkanes) is 2. The topological polar surface area (TPSA) is 27.7 Å². The number of benzene rings is 1. The minimum atomic E-state index is -0.989. The lowest BCUT2D eigenvalue weighted by molar-refractivity contribution is 0.0806. The minimum Gasteiger partial charge on any atom is -0.491 e. The van der Waals surface area contributed by atoms with Gasteiger partial charge in [-0.3, -0.25) is 0 Å². The quantitative estimate of drug-likeness (QED) is 0.571. The van der Waals surface area contributed by atoms with E-state index < -0.39 is 18.8 Å². The first kappa shape index (κ1) is 17.2. The van der Waals surface area contributed by atoms with Crippen molar-refractivity contribution in [2.75, 3.05) is 19.8 Å². The van der Waals surface area contributed by atoms with Crippen LogP contribution in [0.4, 0.5) is 8.78 Å². The second-order valence-corrected chi connectivity index (χ2v) is 5.57. The molecule has 2 rings (SSSR count). The highest BCUT2D eigenvalue weighted by Gasteiger charge is 2.33. The maximum absolute atomic E-state index is 14.1. The Kier molecular flexibility index (Phi) is 6.64. The third-order valence-electron chi connectivity index (χ3n) is 3.81. The summed E-state index contributed by atoms with van der Waals surface area (Å²) in [5.41, 5.74) is 0.0907. The predicted octanol–water partition coefficient (Wildman–Crippen LogP) is 3.30. The molecule has 0 unspecified atom stereocenters. The Balaban J connectivity index is 1.95. The first-order chi connectivity index (χ1) is 10.7. The maximum atomic E-state index is 14.1. The molecule has 0 spiro atoms. The molecule has 122 valence electrons. The molecule has 22 heavy (non-hydrogen) atoms. The normalized spacial score (nSPS) is 16.1. The van der Waals surface area contributed by atoms with Gasteiger partial charge >= 0.3 is 7.12 Å². The first-order valence-corrected chi connectivity index (χ1v) is 8.01. The Hall–Kier alpha value is -1.14. The van der Waals surface area contributed by atoms with Gasteiger partial charge in [0.25, 0.3) is 0 Å². The summed E-state index contributed by atoms with van der Waals surface area (Å²) < 4.78 is 44.2. The Bertz CT molecular complexity index is 477. The van der Waals surface area contributed by atoms with Crippen molar-refractivity contribution in [3.63, 3.8) is 0 Å². The molecule has 1 aromatic rings. The molecule has 0 N–H and O–H groups in total. The number of hydrogen-bond donors (Lipinski definition) is 0. The highest BCUT2D eigenvalue weighted by molar-refractivity contribution is 6.61. The Morgan fingerprint density at radius 3 is 2.50 bits per heavy atom. The van der Waals surface area contributed by atoms with Gasteiger partial charge in [0.2, 0.25) is 0 Å². The Morgan fingerprint density at radius 1 is 1.14 bits per heavy atom. The summed E-state index contributed by atoms with van der Waals surface area (Å²) in [6.45, 7) is 5.20. The molecule has 1 aliphatic heterocycles. The second kappa shape index (κ2) is 8.49. The summed E-state index contributed by atoms with van der Waals surface area (Å²) in [6.07, 6.45) is 4.55. The second-order valence-electron chi connectivity index (χ2n) is 5.57. The number of hydrogen-bond acceptors (Lipinski definition) is 3. The smallest absolute Gasteiger partial charge is 0.491 e. The van der Waals surface area contributed by atoms with Gasteiger partial charge in [0.1, 0.15) is 0 Å². The average molecular weight is 312 g/mol. The molecule has 1 aliphatic rings. The highest BCUT2D eigenvalue weighted by Crippen LogP contribution is 2.21. The largest absolute Gasteiger partial charge is 0.497 e. The zero-order valence-electron chi connectivity index (χ0n) is 13.2. The lowest BCUT2D eigenvalue weighted by atomic mass is 9.76. The fourth-order valence-corrected chi connectivity index (χ4v) is 2.57. The molecular weight excluding hydrogens is 289 g/mol. The van der Waals surface area contributed by atoms with Crippen LogP contribution in [0.1, 0.15) is 39.5 Å². The van der Waals surface area contributed by atoms with Gasteiger partial charge in [-0.05, 0) is 19.4 Å². The van der Waals surface area contributed by atoms with Gasteiger partial charge in [0, 0.05) is 24.6 Å². The van der Waals surface area contributed by atoms with Gasteiger partial charge in [0.15, 0.2) is 17.4 Å². The Labute approximate surface area is 131 Å². The number of halogens is 2. The van der Waals surface area contributed by atoms with E-state index in [9.17, 15) is 8.78 Å². The monoisotopic (exact) mass is 312 g/mol. The van der Waals surface area contributed by atoms with Crippen LogP contribution in [0.2, 0.25) is 0 Å². The summed E-state index contributed by atoms with van der Waals surface area (Å²) >= 11 is 0. The van der Waals surface area contributed by atoms with Gasteiger partial charge in [-0.25, -0.2) is 4.39 Å². The van der Waals surface area contributed by atoms with E-state index in [1.165, 1.54) is 25.0 Å². The van der Waals surface area contributed by atoms with Crippen LogP contribution < -0.4 is 10.2 Å². The molecule has 0 saturated carbocycles. The molecule has 0 bridgehead atoms. The van der Waals surface area contributed by atoms with E-state index in [1.807, 2.05) is 0 Å². The van der Waals surface area contributed by atoms with Gasteiger partial charge in [0.05, 0.1) is 6.61 Å². The van der Waals surface area contributed by atoms with Gasteiger partial charge < -0.3 is 14.0 Å². The van der Waals surface area contributed by atoms with Crippen LogP contribution in [0.25, 0.3) is 0 Å². The van der Waals surface area contributed by atoms with Crippen molar-refractivity contribution < 1.29 is 22.8 Å². The van der Waals surface area contributed by atoms with Gasteiger partial charge in [-0.15, -0.1) is 0 Å². The number of ether oxygens (including phenoxy) is 1. The highest BCUT2D eigenvalue weighted by atomic mass is 19.2. The third-order valence-corrected chi connectivity index (χ3v) is 3.81. The van der Waals surface area contributed by atoms with E-state index in [4.69, 9.17) is 14.0 Å². The molecule has 0 atom stereocenters. The molecule has 0 radical (unpaired) electrons. The molecule has 1 aromatic carbocycles. The molecule has 1 fully saturated rings. The van der Waals surface area contributed by atoms with Gasteiger partial charge in [-0.2, -0.15) is 4.39 Å². The van der Waals surface area contributed by atoms with Crippen LogP contribution >= 0.6 is 0 Å². The zero-order valence-corrected chi connectivity index (χ0v) is 13.2. The average Bonchev–Trinajstić information content (AvgIpc) is 2.53. The van der Waals surface area contributed by atoms with E-state index in [0.717, 1.165) is 12.8 Å². The van der Waals surface area contributed by atoms with Crippen LogP contribution in [0, 0.1) is 17.6 Å². The van der Waals surface area contributed by atoms with E-state index >= 15 is 0 Å². The molecule has 3 nitrogen and oxygen atoms in total. The van der Waals surface area contributed by atoms with Gasteiger partial charge in [-0.1, -0.05) is 32.3 Å². The van der Waals surface area contributed by atoms with Crippen molar-refractivity contribution >= 4 is 12.6 Å². The Morgan fingerprint density at radius 2 is 1.86 bits per heavy atom. The summed E-state index contributed by atoms with van der Waals surface area (Å²) in [6, 6.07) is 2.88. The third kappa shape index (κ3) is 4.20. The molecule has 6 heteroatoms. The van der Waals surface area contributed by atoms with Crippen LogP contribution in [0.3, 0.4) is 0 Å². The van der Waals surface area contributed by atoms with Crippen molar-refractivity contribution in [3.05, 3.63) is 23.8 Å². The first-order valence-electron chi connectivity index (χ1n) is 8.01. The van der Waals surface area contributed by atoms with E-state index in [0.29, 0.717) is 19.1 Å². The van der Waals surface area contributed by atoms with Crippen LogP contribution in [0.15, 0.2) is 12.1 Å². The molecule has 0 amide bonds. The lowest BCUT2D eigenvalue weighted by Gasteiger charge is -2.27. The van der Waals surface area contributed by atoms with Crippen molar-refractivity contribution in [2.24, 2.45) is 5.92 Å². The van der Waals surface area contributed by atoms with E-state index in [1.54, 1.807) is 6.92 Å². The fraction of sp³-hybridized carbons (Fsp3) is 0.625. The number of rotatable bonds is 7. The molecule has 0 aliphatic carbocycles. The molecular formula is C16H23BF2O3. The summed E-state index contributed by atoms with van der Waals surface area (Å²) in [4.78, 5) is 0. The molecule has 1 saturated heterocycles. The zero-order chi connectivity index (χ0) is 15.9. The fourth-order valence-electron chi connectivity index (χ4n) is 2.57. The van der Waals surface area contributed by atoms with Crippen LogP contribution in [-0.4, -0.2) is 26.9 Å².